The van der Waals surface area contributed by atoms with Crippen molar-refractivity contribution in [3.05, 3.63) is 70.2 Å². The van der Waals surface area contributed by atoms with Gasteiger partial charge in [-0.05, 0) is 30.7 Å². The summed E-state index contributed by atoms with van der Waals surface area (Å²) in [6.07, 6.45) is -5.63. The number of benzene rings is 2. The van der Waals surface area contributed by atoms with E-state index in [1.54, 1.807) is 25.1 Å². The predicted octanol–water partition coefficient (Wildman–Crippen LogP) is 4.26. The van der Waals surface area contributed by atoms with Crippen molar-refractivity contribution in [3.8, 4) is 0 Å². The SMILES string of the molecule is Cc1ccccc1C(=O)N1N=C(C(F)(F)F)CC1(O)c1ccc(Cl)cc1. The number of hydrazone groups is 1. The van der Waals surface area contributed by atoms with Gasteiger partial charge < -0.3 is 5.11 Å². The highest BCUT2D eigenvalue weighted by Gasteiger charge is 2.53. The highest BCUT2D eigenvalue weighted by atomic mass is 35.5. The molecule has 8 heteroatoms. The summed E-state index contributed by atoms with van der Waals surface area (Å²) in [6.45, 7) is 1.65. The summed E-state index contributed by atoms with van der Waals surface area (Å²) in [4.78, 5) is 12.9. The lowest BCUT2D eigenvalue weighted by Crippen LogP contribution is -2.44. The molecule has 3 rings (SSSR count). The number of hydrogen-bond acceptors (Lipinski definition) is 3. The van der Waals surface area contributed by atoms with Gasteiger partial charge in [0.1, 0.15) is 5.71 Å². The third-order valence-electron chi connectivity index (χ3n) is 4.19. The van der Waals surface area contributed by atoms with Crippen LogP contribution in [-0.4, -0.2) is 27.9 Å². The van der Waals surface area contributed by atoms with Crippen molar-refractivity contribution >= 4 is 23.2 Å². The van der Waals surface area contributed by atoms with E-state index >= 15 is 0 Å². The topological polar surface area (TPSA) is 52.9 Å². The summed E-state index contributed by atoms with van der Waals surface area (Å²) in [6, 6.07) is 12.0. The second kappa shape index (κ2) is 6.41. The van der Waals surface area contributed by atoms with Crippen LogP contribution in [0, 0.1) is 6.92 Å². The second-order valence-electron chi connectivity index (χ2n) is 5.98. The number of nitrogens with zero attached hydrogens (tertiary/aromatic N) is 2. The highest BCUT2D eigenvalue weighted by Crippen LogP contribution is 2.40. The van der Waals surface area contributed by atoms with Crippen LogP contribution in [0.25, 0.3) is 0 Å². The van der Waals surface area contributed by atoms with Gasteiger partial charge in [-0.25, -0.2) is 0 Å². The van der Waals surface area contributed by atoms with Crippen LogP contribution < -0.4 is 0 Å². The first-order valence-corrected chi connectivity index (χ1v) is 8.04. The Kier molecular flexibility index (Phi) is 4.54. The Morgan fingerprint density at radius 3 is 2.38 bits per heavy atom. The molecule has 1 aliphatic rings. The Balaban J connectivity index is 2.10. The molecule has 2 aromatic rings. The summed E-state index contributed by atoms with van der Waals surface area (Å²) >= 11 is 5.81. The van der Waals surface area contributed by atoms with E-state index in [1.807, 2.05) is 0 Å². The lowest BCUT2D eigenvalue weighted by atomic mass is 9.96. The van der Waals surface area contributed by atoms with Crippen LogP contribution in [0.3, 0.4) is 0 Å². The van der Waals surface area contributed by atoms with Crippen LogP contribution in [0.4, 0.5) is 13.2 Å². The maximum atomic E-state index is 13.2. The molecule has 0 bridgehead atoms. The van der Waals surface area contributed by atoms with Crippen molar-refractivity contribution in [3.63, 3.8) is 0 Å². The highest BCUT2D eigenvalue weighted by molar-refractivity contribution is 6.30. The van der Waals surface area contributed by atoms with Gasteiger partial charge in [-0.3, -0.25) is 4.79 Å². The number of halogens is 4. The van der Waals surface area contributed by atoms with Crippen molar-refractivity contribution in [2.75, 3.05) is 0 Å². The van der Waals surface area contributed by atoms with Gasteiger partial charge in [-0.2, -0.15) is 23.3 Å². The Morgan fingerprint density at radius 2 is 1.81 bits per heavy atom. The molecule has 136 valence electrons. The Bertz CT molecular complexity index is 881. The molecular weight excluding hydrogens is 369 g/mol. The zero-order valence-corrected chi connectivity index (χ0v) is 14.3. The molecule has 1 atom stereocenters. The van der Waals surface area contributed by atoms with Crippen molar-refractivity contribution in [1.29, 1.82) is 0 Å². The average molecular weight is 383 g/mol. The normalized spacial score (nSPS) is 20.2. The van der Waals surface area contributed by atoms with Crippen molar-refractivity contribution in [1.82, 2.24) is 5.01 Å². The molecule has 0 radical (unpaired) electrons. The van der Waals surface area contributed by atoms with Crippen LogP contribution in [0.15, 0.2) is 53.6 Å². The number of hydrogen-bond donors (Lipinski definition) is 1. The van der Waals surface area contributed by atoms with Crippen molar-refractivity contribution < 1.29 is 23.1 Å². The van der Waals surface area contributed by atoms with Gasteiger partial charge in [0.25, 0.3) is 5.91 Å². The van der Waals surface area contributed by atoms with E-state index in [-0.39, 0.29) is 11.1 Å². The van der Waals surface area contributed by atoms with E-state index in [4.69, 9.17) is 11.6 Å². The van der Waals surface area contributed by atoms with Crippen LogP contribution in [0.2, 0.25) is 5.02 Å². The van der Waals surface area contributed by atoms with Gasteiger partial charge in [0.2, 0.25) is 0 Å². The first-order chi connectivity index (χ1) is 12.1. The molecular formula is C18H14ClF3N2O2. The first kappa shape index (κ1) is 18.4. The number of carbonyl (C=O) groups excluding carboxylic acids is 1. The first-order valence-electron chi connectivity index (χ1n) is 7.66. The molecule has 0 aromatic heterocycles. The van der Waals surface area contributed by atoms with Crippen LogP contribution in [0.5, 0.6) is 0 Å². The maximum Gasteiger partial charge on any atom is 0.431 e. The van der Waals surface area contributed by atoms with Gasteiger partial charge in [-0.15, -0.1) is 0 Å². The molecule has 0 saturated carbocycles. The Labute approximate surface area is 152 Å². The maximum absolute atomic E-state index is 13.2. The molecule has 26 heavy (non-hydrogen) atoms. The summed E-state index contributed by atoms with van der Waals surface area (Å²) in [5.41, 5.74) is -2.67. The smallest absolute Gasteiger partial charge is 0.365 e. The predicted molar refractivity (Wildman–Crippen MR) is 90.8 cm³/mol. The minimum Gasteiger partial charge on any atom is -0.365 e. The number of aliphatic hydroxyl groups is 1. The minimum atomic E-state index is -4.76. The number of rotatable bonds is 2. The molecule has 1 amide bonds. The number of alkyl halides is 3. The molecule has 0 aliphatic carbocycles. The fraction of sp³-hybridized carbons (Fsp3) is 0.222. The summed E-state index contributed by atoms with van der Waals surface area (Å²) < 4.78 is 39.6. The molecule has 0 fully saturated rings. The minimum absolute atomic E-state index is 0.0897. The fourth-order valence-electron chi connectivity index (χ4n) is 2.79. The van der Waals surface area contributed by atoms with Crippen LogP contribution in [-0.2, 0) is 5.72 Å². The van der Waals surface area contributed by atoms with E-state index in [1.165, 1.54) is 30.3 Å². The van der Waals surface area contributed by atoms with E-state index < -0.39 is 29.9 Å². The van der Waals surface area contributed by atoms with Gasteiger partial charge in [0, 0.05) is 16.1 Å². The van der Waals surface area contributed by atoms with Crippen LogP contribution >= 0.6 is 11.6 Å². The van der Waals surface area contributed by atoms with Crippen LogP contribution in [0.1, 0.15) is 27.9 Å². The standard InChI is InChI=1S/C18H14ClF3N2O2/c1-11-4-2-3-5-14(11)16(25)24-17(26,10-15(23-24)18(20,21)22)12-6-8-13(19)9-7-12/h2-9,26H,10H2,1H3. The monoisotopic (exact) mass is 382 g/mol. The fourth-order valence-corrected chi connectivity index (χ4v) is 2.91. The molecule has 1 unspecified atom stereocenters. The number of carbonyl (C=O) groups is 1. The van der Waals surface area contributed by atoms with Crippen molar-refractivity contribution in [2.45, 2.75) is 25.2 Å². The average Bonchev–Trinajstić information content (AvgIpc) is 2.94. The molecule has 1 heterocycles. The summed E-state index contributed by atoms with van der Waals surface area (Å²) in [5, 5.41) is 15.3. The molecule has 4 nitrogen and oxygen atoms in total. The quantitative estimate of drug-likeness (QED) is 0.843. The van der Waals surface area contributed by atoms with E-state index in [2.05, 4.69) is 5.10 Å². The van der Waals surface area contributed by atoms with Gasteiger partial charge in [0.05, 0.1) is 6.42 Å². The molecule has 1 N–H and O–H groups in total. The summed E-state index contributed by atoms with van der Waals surface area (Å²) in [5.74, 6) is -0.820. The Morgan fingerprint density at radius 1 is 1.19 bits per heavy atom. The van der Waals surface area contributed by atoms with Gasteiger partial charge >= 0.3 is 6.18 Å². The molecule has 2 aromatic carbocycles. The van der Waals surface area contributed by atoms with E-state index in [9.17, 15) is 23.1 Å². The van der Waals surface area contributed by atoms with Gasteiger partial charge in [0.15, 0.2) is 5.72 Å². The molecule has 0 spiro atoms. The molecule has 1 aliphatic heterocycles. The second-order valence-corrected chi connectivity index (χ2v) is 6.41. The summed E-state index contributed by atoms with van der Waals surface area (Å²) in [7, 11) is 0. The Hall–Kier alpha value is -2.38. The third kappa shape index (κ3) is 3.20. The zero-order chi connectivity index (χ0) is 19.1. The largest absolute Gasteiger partial charge is 0.431 e. The number of amides is 1. The molecule has 0 saturated heterocycles. The lowest BCUT2D eigenvalue weighted by molar-refractivity contribution is -0.0816. The third-order valence-corrected chi connectivity index (χ3v) is 4.44. The van der Waals surface area contributed by atoms with E-state index in [0.29, 0.717) is 15.6 Å². The van der Waals surface area contributed by atoms with Crippen molar-refractivity contribution in [2.24, 2.45) is 5.10 Å². The van der Waals surface area contributed by atoms with E-state index in [0.717, 1.165) is 0 Å². The van der Waals surface area contributed by atoms with Gasteiger partial charge in [-0.1, -0.05) is 41.9 Å². The lowest BCUT2D eigenvalue weighted by Gasteiger charge is -2.31. The number of aryl methyl sites for hydroxylation is 1. The zero-order valence-electron chi connectivity index (χ0n) is 13.6.